The van der Waals surface area contributed by atoms with Crippen LogP contribution in [0.15, 0.2) is 54.1 Å². The standard InChI is InChI=1S/C60H81Br2Cl2N5O14/c1-33(2)42(27-41(70)16-11-10-15-36(5)80-56(75)40(31-61)32-62)55(74)67-45(17-13-21-66-57(65)76)47(71)26-38-19-20-44(43(63)24-38)68-58(77)82-50-28-51(72)69(8)46-25-39(23-35(4)53(46)64)22-34(3)14-12-18-49(79-9)60(78)29-48(81-52(73)30-60)37(6)54-59(50,7)83-54/h12,14,18-20,23-25,33,36-37,40,42,45,48-50,54,78H,10-11,13,15-17,21-22,26-32H2,1-9H3,(H,67,74)(H,68,77)(H3,65,66,76)/b18-12+,34-14+/t36?,37-,42+,45+,48+,49-,50+,54+,59+,60-/m1/s1. The number of nitrogens with zero attached hydrogens (tertiary/aromatic N) is 1. The van der Waals surface area contributed by atoms with Gasteiger partial charge in [0.15, 0.2) is 5.78 Å². The Hall–Kier alpha value is -4.90. The summed E-state index contributed by atoms with van der Waals surface area (Å²) in [5, 5.41) is 21.4. The first-order chi connectivity index (χ1) is 39.1. The molecule has 1 unspecified atom stereocenters. The first kappa shape index (κ1) is 68.9. The molecule has 3 aliphatic heterocycles. The van der Waals surface area contributed by atoms with Gasteiger partial charge in [-0.15, -0.1) is 0 Å². The molecule has 2 saturated heterocycles. The number of ketones is 2. The van der Waals surface area contributed by atoms with Gasteiger partial charge >= 0.3 is 24.1 Å². The van der Waals surface area contributed by atoms with E-state index in [4.69, 9.17) is 52.6 Å². The van der Waals surface area contributed by atoms with Crippen LogP contribution < -0.4 is 26.6 Å². The van der Waals surface area contributed by atoms with Crippen molar-refractivity contribution >= 4 is 114 Å². The number of ether oxygens (including phenoxy) is 5. The molecule has 10 atom stereocenters. The molecule has 0 aliphatic carbocycles. The summed E-state index contributed by atoms with van der Waals surface area (Å²) < 4.78 is 29.5. The van der Waals surface area contributed by atoms with Crippen LogP contribution >= 0.6 is 55.1 Å². The van der Waals surface area contributed by atoms with Crippen LogP contribution in [0.5, 0.6) is 0 Å². The van der Waals surface area contributed by atoms with Crippen LogP contribution in [-0.2, 0) is 65.3 Å². The average Bonchev–Trinajstić information content (AvgIpc) is 2.29. The van der Waals surface area contributed by atoms with E-state index < -0.39 is 83.4 Å². The number of rotatable bonds is 24. The SMILES string of the molecule is CO[C@@H]1/C=C/C=C(\C)Cc2cc(C)c(Cl)c(c2)N(C)C(=O)C[C@H](OC(=O)Nc2ccc(CC(=O)[C@H](CCCNC(N)=O)NC(=O)[C@@H](CC(=O)CCCCC(C)OC(=O)C(CBr)CBr)C(C)C)cc2Cl)[C@]2(C)O[C@H]2[C@H](C)[C@@H]2C[C@@]1(O)CC(=O)O2. The van der Waals surface area contributed by atoms with E-state index >= 15 is 0 Å². The van der Waals surface area contributed by atoms with Gasteiger partial charge in [-0.25, -0.2) is 9.59 Å². The van der Waals surface area contributed by atoms with E-state index in [1.807, 2.05) is 52.8 Å². The number of benzene rings is 2. The molecule has 3 aliphatic rings. The lowest BCUT2D eigenvalue weighted by Crippen LogP contribution is -2.53. The predicted octanol–water partition coefficient (Wildman–Crippen LogP) is 9.75. The second-order valence-electron chi connectivity index (χ2n) is 22.8. The van der Waals surface area contributed by atoms with Gasteiger partial charge in [-0.3, -0.25) is 34.1 Å². The van der Waals surface area contributed by atoms with E-state index in [1.165, 1.54) is 24.1 Å². The zero-order valence-corrected chi connectivity index (χ0v) is 53.5. The van der Waals surface area contributed by atoms with E-state index in [2.05, 4.69) is 47.8 Å². The molecular formula is C60H81Br2Cl2N5O14. The van der Waals surface area contributed by atoms with Gasteiger partial charge in [0.05, 0.1) is 58.4 Å². The number of nitrogens with one attached hydrogen (secondary N) is 3. The third-order valence-electron chi connectivity index (χ3n) is 15.7. The highest BCUT2D eigenvalue weighted by Crippen LogP contribution is 2.50. The number of aliphatic hydroxyl groups is 1. The summed E-state index contributed by atoms with van der Waals surface area (Å²) in [4.78, 5) is 108. The summed E-state index contributed by atoms with van der Waals surface area (Å²) in [5.74, 6) is -4.22. The Kier molecular flexibility index (Phi) is 26.1. The zero-order valence-electron chi connectivity index (χ0n) is 48.8. The number of Topliss-reactive ketones (excluding diaryl/α,β-unsaturated/α-hetero) is 2. The number of carbonyl (C=O) groups excluding carboxylic acids is 8. The molecule has 5 amide bonds. The number of halogens is 4. The molecule has 2 fully saturated rings. The maximum Gasteiger partial charge on any atom is 0.412 e. The van der Waals surface area contributed by atoms with Crippen molar-refractivity contribution in [2.75, 3.05) is 41.6 Å². The van der Waals surface area contributed by atoms with Gasteiger partial charge in [0.2, 0.25) is 11.8 Å². The van der Waals surface area contributed by atoms with Crippen LogP contribution in [-0.4, -0.2) is 132 Å². The molecule has 83 heavy (non-hydrogen) atoms. The lowest BCUT2D eigenvalue weighted by molar-refractivity contribution is -0.187. The first-order valence-corrected chi connectivity index (χ1v) is 31.1. The number of primary amides is 1. The van der Waals surface area contributed by atoms with Gasteiger partial charge < -0.3 is 50.1 Å². The number of alkyl halides is 2. The fraction of sp³-hybridized carbons (Fsp3) is 0.600. The van der Waals surface area contributed by atoms with Crippen LogP contribution in [0.4, 0.5) is 21.0 Å². The molecule has 0 aromatic heterocycles. The third kappa shape index (κ3) is 19.6. The van der Waals surface area contributed by atoms with Crippen molar-refractivity contribution in [2.45, 2.75) is 173 Å². The van der Waals surface area contributed by atoms with Crippen LogP contribution in [0.25, 0.3) is 0 Å². The van der Waals surface area contributed by atoms with Crippen LogP contribution in [0.2, 0.25) is 10.0 Å². The van der Waals surface area contributed by atoms with Crippen molar-refractivity contribution in [1.29, 1.82) is 0 Å². The molecule has 19 nitrogen and oxygen atoms in total. The molecule has 5 rings (SSSR count). The lowest BCUT2D eigenvalue weighted by atomic mass is 9.78. The Morgan fingerprint density at radius 3 is 2.36 bits per heavy atom. The molecule has 2 aromatic carbocycles. The summed E-state index contributed by atoms with van der Waals surface area (Å²) in [6, 6.07) is 6.54. The van der Waals surface area contributed by atoms with Crippen molar-refractivity contribution in [1.82, 2.24) is 10.6 Å². The van der Waals surface area contributed by atoms with Gasteiger partial charge in [-0.1, -0.05) is 112 Å². The van der Waals surface area contributed by atoms with Gasteiger partial charge in [0, 0.05) is 68.9 Å². The maximum absolute atomic E-state index is 14.4. The highest BCUT2D eigenvalue weighted by molar-refractivity contribution is 9.09. The van der Waals surface area contributed by atoms with E-state index in [1.54, 1.807) is 39.1 Å². The third-order valence-corrected chi connectivity index (χ3v) is 18.1. The second kappa shape index (κ2) is 31.5. The van der Waals surface area contributed by atoms with Crippen molar-refractivity contribution in [2.24, 2.45) is 29.4 Å². The molecule has 23 heteroatoms. The number of anilines is 2. The van der Waals surface area contributed by atoms with Gasteiger partial charge in [0.1, 0.15) is 35.3 Å². The summed E-state index contributed by atoms with van der Waals surface area (Å²) in [6.45, 7) is 12.9. The minimum absolute atomic E-state index is 0.00479. The predicted molar refractivity (Wildman–Crippen MR) is 324 cm³/mol. The van der Waals surface area contributed by atoms with Crippen molar-refractivity contribution in [3.63, 3.8) is 0 Å². The highest BCUT2D eigenvalue weighted by atomic mass is 79.9. The van der Waals surface area contributed by atoms with Crippen molar-refractivity contribution in [3.8, 4) is 0 Å². The Labute approximate surface area is 513 Å². The molecule has 0 radical (unpaired) electrons. The van der Waals surface area contributed by atoms with Gasteiger partial charge in [-0.05, 0) is 107 Å². The summed E-state index contributed by atoms with van der Waals surface area (Å²) in [7, 11) is 3.04. The fourth-order valence-electron chi connectivity index (χ4n) is 10.6. The molecule has 2 aromatic rings. The number of urea groups is 1. The Bertz CT molecular complexity index is 2740. The van der Waals surface area contributed by atoms with Crippen molar-refractivity contribution in [3.05, 3.63) is 80.9 Å². The van der Waals surface area contributed by atoms with Gasteiger partial charge in [0.25, 0.3) is 0 Å². The minimum Gasteiger partial charge on any atom is -0.462 e. The molecule has 0 saturated carbocycles. The fourth-order valence-corrected chi connectivity index (χ4v) is 12.7. The quantitative estimate of drug-likeness (QED) is 0.0215. The topological polar surface area (TPSA) is 272 Å². The van der Waals surface area contributed by atoms with Crippen molar-refractivity contribution < 1.29 is 67.1 Å². The summed E-state index contributed by atoms with van der Waals surface area (Å²) in [5.41, 5.74) is 5.89. The first-order valence-electron chi connectivity index (χ1n) is 28.1. The number of hydrogen-bond acceptors (Lipinski definition) is 14. The molecule has 458 valence electrons. The number of unbranched alkanes of at least 4 members (excludes halogenated alkanes) is 1. The normalized spacial score (nSPS) is 24.9. The smallest absolute Gasteiger partial charge is 0.412 e. The summed E-state index contributed by atoms with van der Waals surface area (Å²) in [6.07, 6.45) is 2.34. The number of amides is 5. The largest absolute Gasteiger partial charge is 0.462 e. The summed E-state index contributed by atoms with van der Waals surface area (Å²) >= 11 is 20.3. The number of allylic oxidation sites excluding steroid dienone is 3. The number of epoxide rings is 1. The monoisotopic (exact) mass is 1320 g/mol. The van der Waals surface area contributed by atoms with E-state index in [0.29, 0.717) is 52.6 Å². The number of methoxy groups -OCH3 is 1. The zero-order chi connectivity index (χ0) is 61.5. The van der Waals surface area contributed by atoms with E-state index in [0.717, 1.165) is 16.7 Å². The molecule has 3 heterocycles. The Balaban J connectivity index is 1.31. The number of aryl methyl sites for hydroxylation is 1. The number of hydrogen-bond donors (Lipinski definition) is 5. The average molecular weight is 1330 g/mol. The molecule has 4 bridgehead atoms. The highest BCUT2D eigenvalue weighted by Gasteiger charge is 2.64. The van der Waals surface area contributed by atoms with Crippen LogP contribution in [0.1, 0.15) is 122 Å². The molecular weight excluding hydrogens is 1250 g/mol. The molecule has 6 N–H and O–H groups in total. The number of fused-ring (bicyclic) bond motifs is 5. The van der Waals surface area contributed by atoms with E-state index in [-0.39, 0.29) is 104 Å². The number of carbonyl (C=O) groups is 8. The van der Waals surface area contributed by atoms with E-state index in [9.17, 15) is 43.5 Å². The number of esters is 2. The minimum atomic E-state index is -1.63. The lowest BCUT2D eigenvalue weighted by Gasteiger charge is -2.41. The van der Waals surface area contributed by atoms with Crippen LogP contribution in [0, 0.1) is 30.6 Å². The Morgan fingerprint density at radius 2 is 1.71 bits per heavy atom. The molecule has 0 spiro atoms. The Morgan fingerprint density at radius 1 is 1.00 bits per heavy atom. The second-order valence-corrected chi connectivity index (χ2v) is 24.9. The number of nitrogens with two attached hydrogens (primary N) is 1. The van der Waals surface area contributed by atoms with Crippen LogP contribution in [0.3, 0.4) is 0 Å². The maximum atomic E-state index is 14.4. The van der Waals surface area contributed by atoms with Gasteiger partial charge in [-0.2, -0.15) is 0 Å².